The van der Waals surface area contributed by atoms with Crippen LogP contribution in [0.5, 0.6) is 0 Å². The van der Waals surface area contributed by atoms with Crippen molar-refractivity contribution in [2.75, 3.05) is 45.9 Å². The largest absolute Gasteiger partial charge is 0.381 e. The smallest absolute Gasteiger partial charge is 0.224 e. The summed E-state index contributed by atoms with van der Waals surface area (Å²) in [6, 6.07) is 11.8. The van der Waals surface area contributed by atoms with E-state index in [1.54, 1.807) is 0 Å². The number of piperidine rings is 2. The zero-order valence-electron chi connectivity index (χ0n) is 17.7. The SMILES string of the molecule is O=C(NC1CCOCC1)[C@@H]1CCCN(C2CCN(CCc3ccccc3)CC2)C1. The fraction of sp³-hybridized carbons (Fsp3) is 0.708. The lowest BCUT2D eigenvalue weighted by Gasteiger charge is -2.42. The molecule has 3 aliphatic rings. The third-order valence-electron chi connectivity index (χ3n) is 7.02. The van der Waals surface area contributed by atoms with Crippen LogP contribution in [0.4, 0.5) is 0 Å². The highest BCUT2D eigenvalue weighted by atomic mass is 16.5. The second kappa shape index (κ2) is 10.6. The van der Waals surface area contributed by atoms with Gasteiger partial charge in [0.15, 0.2) is 0 Å². The molecule has 0 saturated carbocycles. The summed E-state index contributed by atoms with van der Waals surface area (Å²) in [6.45, 7) is 7.21. The van der Waals surface area contributed by atoms with E-state index in [4.69, 9.17) is 4.74 Å². The molecule has 5 nitrogen and oxygen atoms in total. The molecule has 0 bridgehead atoms. The number of nitrogens with one attached hydrogen (secondary N) is 1. The molecule has 3 aliphatic heterocycles. The van der Waals surface area contributed by atoms with Crippen molar-refractivity contribution in [3.63, 3.8) is 0 Å². The van der Waals surface area contributed by atoms with Crippen LogP contribution in [0.3, 0.4) is 0 Å². The summed E-state index contributed by atoms with van der Waals surface area (Å²) in [7, 11) is 0. The van der Waals surface area contributed by atoms with Gasteiger partial charge in [-0.15, -0.1) is 0 Å². The van der Waals surface area contributed by atoms with Gasteiger partial charge in [-0.25, -0.2) is 0 Å². The number of carbonyl (C=O) groups excluding carboxylic acids is 1. The fourth-order valence-corrected chi connectivity index (χ4v) is 5.15. The Morgan fingerprint density at radius 1 is 1.00 bits per heavy atom. The number of carbonyl (C=O) groups is 1. The zero-order valence-corrected chi connectivity index (χ0v) is 17.7. The van der Waals surface area contributed by atoms with Gasteiger partial charge in [-0.05, 0) is 70.1 Å². The van der Waals surface area contributed by atoms with Gasteiger partial charge in [-0.1, -0.05) is 30.3 Å². The van der Waals surface area contributed by atoms with Crippen LogP contribution in [0.15, 0.2) is 30.3 Å². The Labute approximate surface area is 175 Å². The Morgan fingerprint density at radius 3 is 2.52 bits per heavy atom. The standard InChI is InChI=1S/C24H37N3O2/c28-24(25-22-11-17-29-18-12-22)21-7-4-13-27(19-21)23-9-15-26(16-10-23)14-8-20-5-2-1-3-6-20/h1-3,5-6,21-23H,4,7-19H2,(H,25,28)/t21-/m1/s1. The second-order valence-electron chi connectivity index (χ2n) is 9.04. The van der Waals surface area contributed by atoms with E-state index in [0.29, 0.717) is 12.1 Å². The molecular weight excluding hydrogens is 362 g/mol. The lowest BCUT2D eigenvalue weighted by molar-refractivity contribution is -0.128. The quantitative estimate of drug-likeness (QED) is 0.799. The summed E-state index contributed by atoms with van der Waals surface area (Å²) >= 11 is 0. The molecule has 1 aromatic carbocycles. The third kappa shape index (κ3) is 6.03. The molecule has 0 radical (unpaired) electrons. The first-order valence-corrected chi connectivity index (χ1v) is 11.7. The molecule has 0 unspecified atom stereocenters. The molecule has 0 aliphatic carbocycles. The maximum Gasteiger partial charge on any atom is 0.224 e. The van der Waals surface area contributed by atoms with Gasteiger partial charge in [0.25, 0.3) is 0 Å². The lowest BCUT2D eigenvalue weighted by Crippen LogP contribution is -2.52. The number of nitrogens with zero attached hydrogens (tertiary/aromatic N) is 2. The fourth-order valence-electron chi connectivity index (χ4n) is 5.15. The molecule has 1 amide bonds. The number of amides is 1. The van der Waals surface area contributed by atoms with Gasteiger partial charge in [-0.2, -0.15) is 0 Å². The van der Waals surface area contributed by atoms with Crippen molar-refractivity contribution >= 4 is 5.91 Å². The Bertz CT molecular complexity index is 624. The van der Waals surface area contributed by atoms with E-state index in [9.17, 15) is 4.79 Å². The van der Waals surface area contributed by atoms with Gasteiger partial charge in [0.1, 0.15) is 0 Å². The number of likely N-dealkylation sites (tertiary alicyclic amines) is 2. The van der Waals surface area contributed by atoms with Crippen molar-refractivity contribution < 1.29 is 9.53 Å². The van der Waals surface area contributed by atoms with Gasteiger partial charge in [0, 0.05) is 38.4 Å². The Hall–Kier alpha value is -1.43. The van der Waals surface area contributed by atoms with Crippen LogP contribution in [0.2, 0.25) is 0 Å². The van der Waals surface area contributed by atoms with Crippen molar-refractivity contribution in [3.05, 3.63) is 35.9 Å². The van der Waals surface area contributed by atoms with Gasteiger partial charge in [0.2, 0.25) is 5.91 Å². The zero-order chi connectivity index (χ0) is 19.9. The molecule has 4 rings (SSSR count). The van der Waals surface area contributed by atoms with Crippen LogP contribution in [0, 0.1) is 5.92 Å². The molecule has 0 aromatic heterocycles. The Balaban J connectivity index is 1.19. The van der Waals surface area contributed by atoms with Crippen LogP contribution in [-0.2, 0) is 16.0 Å². The van der Waals surface area contributed by atoms with Crippen LogP contribution >= 0.6 is 0 Å². The predicted molar refractivity (Wildman–Crippen MR) is 116 cm³/mol. The van der Waals surface area contributed by atoms with E-state index in [1.165, 1.54) is 31.5 Å². The van der Waals surface area contributed by atoms with Crippen molar-refractivity contribution in [2.24, 2.45) is 5.92 Å². The molecule has 3 fully saturated rings. The average molecular weight is 400 g/mol. The second-order valence-corrected chi connectivity index (χ2v) is 9.04. The summed E-state index contributed by atoms with van der Waals surface area (Å²) in [5.74, 6) is 0.449. The molecule has 1 atom stereocenters. The summed E-state index contributed by atoms with van der Waals surface area (Å²) in [6.07, 6.45) is 7.74. The first-order valence-electron chi connectivity index (χ1n) is 11.7. The molecule has 3 heterocycles. The van der Waals surface area contributed by atoms with Gasteiger partial charge in [-0.3, -0.25) is 9.69 Å². The first kappa shape index (κ1) is 20.8. The van der Waals surface area contributed by atoms with E-state index in [2.05, 4.69) is 45.4 Å². The van der Waals surface area contributed by atoms with E-state index < -0.39 is 0 Å². The van der Waals surface area contributed by atoms with Crippen molar-refractivity contribution in [1.29, 1.82) is 0 Å². The van der Waals surface area contributed by atoms with Crippen LogP contribution in [0.25, 0.3) is 0 Å². The summed E-state index contributed by atoms with van der Waals surface area (Å²) in [4.78, 5) is 18.0. The molecule has 3 saturated heterocycles. The minimum absolute atomic E-state index is 0.169. The molecule has 1 N–H and O–H groups in total. The number of rotatable bonds is 6. The predicted octanol–water partition coefficient (Wildman–Crippen LogP) is 2.70. The maximum absolute atomic E-state index is 12.8. The molecule has 5 heteroatoms. The summed E-state index contributed by atoms with van der Waals surface area (Å²) < 4.78 is 5.41. The van der Waals surface area contributed by atoms with E-state index >= 15 is 0 Å². The molecule has 0 spiro atoms. The number of hydrogen-bond donors (Lipinski definition) is 1. The van der Waals surface area contributed by atoms with Crippen molar-refractivity contribution in [3.8, 4) is 0 Å². The molecule has 29 heavy (non-hydrogen) atoms. The number of ether oxygens (including phenoxy) is 1. The summed E-state index contributed by atoms with van der Waals surface area (Å²) in [5.41, 5.74) is 1.43. The van der Waals surface area contributed by atoms with E-state index in [0.717, 1.165) is 65.0 Å². The molecule has 160 valence electrons. The van der Waals surface area contributed by atoms with Gasteiger partial charge >= 0.3 is 0 Å². The summed E-state index contributed by atoms with van der Waals surface area (Å²) in [5, 5.41) is 3.30. The van der Waals surface area contributed by atoms with Crippen LogP contribution in [-0.4, -0.2) is 73.7 Å². The van der Waals surface area contributed by atoms with Crippen LogP contribution in [0.1, 0.15) is 44.1 Å². The Morgan fingerprint density at radius 2 is 1.76 bits per heavy atom. The number of benzene rings is 1. The highest BCUT2D eigenvalue weighted by Crippen LogP contribution is 2.24. The molecular formula is C24H37N3O2. The van der Waals surface area contributed by atoms with Gasteiger partial charge < -0.3 is 15.0 Å². The van der Waals surface area contributed by atoms with Gasteiger partial charge in [0.05, 0.1) is 5.92 Å². The van der Waals surface area contributed by atoms with Crippen molar-refractivity contribution in [2.45, 2.75) is 57.0 Å². The monoisotopic (exact) mass is 399 g/mol. The average Bonchev–Trinajstić information content (AvgIpc) is 2.79. The Kier molecular flexibility index (Phi) is 7.58. The van der Waals surface area contributed by atoms with E-state index in [-0.39, 0.29) is 11.8 Å². The number of hydrogen-bond acceptors (Lipinski definition) is 4. The van der Waals surface area contributed by atoms with Crippen LogP contribution < -0.4 is 5.32 Å². The topological polar surface area (TPSA) is 44.8 Å². The maximum atomic E-state index is 12.8. The minimum Gasteiger partial charge on any atom is -0.381 e. The lowest BCUT2D eigenvalue weighted by atomic mass is 9.92. The normalized spacial score (nSPS) is 25.7. The van der Waals surface area contributed by atoms with E-state index in [1.807, 2.05) is 0 Å². The highest BCUT2D eigenvalue weighted by Gasteiger charge is 2.32. The minimum atomic E-state index is 0.169. The third-order valence-corrected chi connectivity index (χ3v) is 7.02. The molecule has 1 aromatic rings. The van der Waals surface area contributed by atoms with Crippen molar-refractivity contribution in [1.82, 2.24) is 15.1 Å². The highest BCUT2D eigenvalue weighted by molar-refractivity contribution is 5.79. The first-order chi connectivity index (χ1) is 14.3.